The number of carbonyl (C=O) groups is 1. The van der Waals surface area contributed by atoms with E-state index in [1.54, 1.807) is 6.07 Å². The van der Waals surface area contributed by atoms with Gasteiger partial charge < -0.3 is 15.0 Å². The van der Waals surface area contributed by atoms with E-state index in [4.69, 9.17) is 4.74 Å². The zero-order valence-corrected chi connectivity index (χ0v) is 14.0. The lowest BCUT2D eigenvalue weighted by molar-refractivity contribution is -0.138. The van der Waals surface area contributed by atoms with Gasteiger partial charge in [0.2, 0.25) is 0 Å². The van der Waals surface area contributed by atoms with Crippen molar-refractivity contribution in [2.75, 3.05) is 40.3 Å². The van der Waals surface area contributed by atoms with Crippen LogP contribution in [0.1, 0.15) is 18.0 Å². The first-order valence-corrected chi connectivity index (χ1v) is 8.21. The fourth-order valence-corrected chi connectivity index (χ4v) is 3.49. The van der Waals surface area contributed by atoms with E-state index in [0.29, 0.717) is 18.7 Å². The normalized spacial score (nSPS) is 28.9. The lowest BCUT2D eigenvalue weighted by atomic mass is 9.99. The molecule has 3 rings (SSSR count). The van der Waals surface area contributed by atoms with Crippen LogP contribution in [-0.2, 0) is 9.53 Å². The number of amides is 1. The number of likely N-dealkylation sites (N-methyl/N-ethyl adjacent to an activating group) is 2. The molecule has 2 fully saturated rings. The molecule has 0 spiro atoms. The zero-order chi connectivity index (χ0) is 17.3. The quantitative estimate of drug-likeness (QED) is 0.898. The molecule has 0 bridgehead atoms. The Labute approximate surface area is 140 Å². The summed E-state index contributed by atoms with van der Waals surface area (Å²) in [5.41, 5.74) is 0.667. The molecule has 3 unspecified atom stereocenters. The third kappa shape index (κ3) is 3.58. The monoisotopic (exact) mass is 339 g/mol. The van der Waals surface area contributed by atoms with E-state index in [0.717, 1.165) is 25.6 Å². The van der Waals surface area contributed by atoms with E-state index < -0.39 is 17.7 Å². The van der Waals surface area contributed by atoms with Crippen LogP contribution < -0.4 is 5.32 Å². The van der Waals surface area contributed by atoms with Gasteiger partial charge in [-0.05, 0) is 38.2 Å². The predicted octanol–water partition coefficient (Wildman–Crippen LogP) is 1.16. The molecule has 3 atom stereocenters. The summed E-state index contributed by atoms with van der Waals surface area (Å²) in [6.07, 6.45) is 0.273. The van der Waals surface area contributed by atoms with E-state index in [9.17, 15) is 13.6 Å². The second-order valence-electron chi connectivity index (χ2n) is 6.62. The van der Waals surface area contributed by atoms with Gasteiger partial charge in [-0.3, -0.25) is 9.69 Å². The van der Waals surface area contributed by atoms with Gasteiger partial charge >= 0.3 is 0 Å². The Bertz CT molecular complexity index is 613. The lowest BCUT2D eigenvalue weighted by Gasteiger charge is -2.31. The molecule has 0 aliphatic carbocycles. The van der Waals surface area contributed by atoms with E-state index >= 15 is 0 Å². The molecule has 2 heterocycles. The van der Waals surface area contributed by atoms with Gasteiger partial charge in [0.1, 0.15) is 6.10 Å². The van der Waals surface area contributed by atoms with Crippen molar-refractivity contribution >= 4 is 5.91 Å². The smallest absolute Gasteiger partial charge is 0.250 e. The molecular formula is C17H23F2N3O2. The summed E-state index contributed by atoms with van der Waals surface area (Å²) in [4.78, 5) is 16.6. The number of nitrogens with zero attached hydrogens (tertiary/aromatic N) is 2. The average Bonchev–Trinajstić information content (AvgIpc) is 2.90. The van der Waals surface area contributed by atoms with Crippen molar-refractivity contribution < 1.29 is 18.3 Å². The average molecular weight is 339 g/mol. The number of benzene rings is 1. The van der Waals surface area contributed by atoms with Gasteiger partial charge in [0, 0.05) is 25.7 Å². The molecule has 2 aliphatic rings. The molecule has 2 saturated heterocycles. The van der Waals surface area contributed by atoms with E-state index in [1.165, 1.54) is 6.07 Å². The second-order valence-corrected chi connectivity index (χ2v) is 6.62. The van der Waals surface area contributed by atoms with Crippen LogP contribution in [0.4, 0.5) is 8.78 Å². The summed E-state index contributed by atoms with van der Waals surface area (Å²) in [6, 6.07) is 3.60. The number of likely N-dealkylation sites (tertiary alicyclic amines) is 1. The highest BCUT2D eigenvalue weighted by Gasteiger charge is 2.36. The Kier molecular flexibility index (Phi) is 5.12. The number of nitrogens with one attached hydrogen (secondary N) is 1. The molecule has 7 heteroatoms. The lowest BCUT2D eigenvalue weighted by Crippen LogP contribution is -2.51. The maximum atomic E-state index is 13.6. The Morgan fingerprint density at radius 2 is 2.04 bits per heavy atom. The van der Waals surface area contributed by atoms with Crippen LogP contribution in [0.3, 0.4) is 0 Å². The van der Waals surface area contributed by atoms with Crippen LogP contribution in [0.2, 0.25) is 0 Å². The van der Waals surface area contributed by atoms with Gasteiger partial charge in [0.25, 0.3) is 5.91 Å². The molecule has 5 nitrogen and oxygen atoms in total. The second kappa shape index (κ2) is 7.13. The topological polar surface area (TPSA) is 44.8 Å². The standard InChI is InChI=1S/C17H23F2N3O2/c1-21-7-8-24-15(10-21)17(23)20-14-5-6-22(2)16(14)11-3-4-12(18)13(19)9-11/h3-4,9,14-16H,5-8,10H2,1-2H3,(H,20,23). The maximum absolute atomic E-state index is 13.6. The summed E-state index contributed by atoms with van der Waals surface area (Å²) in [5, 5.41) is 3.03. The largest absolute Gasteiger partial charge is 0.366 e. The Balaban J connectivity index is 1.72. The molecule has 1 aromatic carbocycles. The summed E-state index contributed by atoms with van der Waals surface area (Å²) in [5.74, 6) is -1.87. The summed E-state index contributed by atoms with van der Waals surface area (Å²) < 4.78 is 32.3. The van der Waals surface area contributed by atoms with E-state index in [-0.39, 0.29) is 18.0 Å². The molecule has 1 aromatic rings. The van der Waals surface area contributed by atoms with Gasteiger partial charge in [-0.25, -0.2) is 8.78 Å². The van der Waals surface area contributed by atoms with Crippen LogP contribution >= 0.6 is 0 Å². The van der Waals surface area contributed by atoms with Crippen molar-refractivity contribution in [3.63, 3.8) is 0 Å². The van der Waals surface area contributed by atoms with Crippen molar-refractivity contribution in [2.45, 2.75) is 24.6 Å². The first-order valence-electron chi connectivity index (χ1n) is 8.21. The fourth-order valence-electron chi connectivity index (χ4n) is 3.49. The summed E-state index contributed by atoms with van der Waals surface area (Å²) in [6.45, 7) is 2.68. The number of morpholine rings is 1. The number of ether oxygens (including phenoxy) is 1. The number of hydrogen-bond donors (Lipinski definition) is 1. The van der Waals surface area contributed by atoms with Crippen LogP contribution in [0.15, 0.2) is 18.2 Å². The number of carbonyl (C=O) groups excluding carboxylic acids is 1. The minimum Gasteiger partial charge on any atom is -0.366 e. The van der Waals surface area contributed by atoms with Crippen molar-refractivity contribution in [1.29, 1.82) is 0 Å². The first-order chi connectivity index (χ1) is 11.5. The van der Waals surface area contributed by atoms with Gasteiger partial charge in [-0.1, -0.05) is 6.07 Å². The van der Waals surface area contributed by atoms with Crippen molar-refractivity contribution in [1.82, 2.24) is 15.1 Å². The Hall–Kier alpha value is -1.57. The van der Waals surface area contributed by atoms with Gasteiger partial charge in [-0.15, -0.1) is 0 Å². The fraction of sp³-hybridized carbons (Fsp3) is 0.588. The highest BCUT2D eigenvalue weighted by atomic mass is 19.2. The van der Waals surface area contributed by atoms with Crippen molar-refractivity contribution in [3.05, 3.63) is 35.4 Å². The molecule has 0 aromatic heterocycles. The molecule has 2 aliphatic heterocycles. The van der Waals surface area contributed by atoms with Crippen LogP contribution in [0.5, 0.6) is 0 Å². The molecule has 132 valence electrons. The maximum Gasteiger partial charge on any atom is 0.250 e. The van der Waals surface area contributed by atoms with Gasteiger partial charge in [0.15, 0.2) is 11.6 Å². The number of rotatable bonds is 3. The SMILES string of the molecule is CN1CCOC(C(=O)NC2CCN(C)C2c2ccc(F)c(F)c2)C1. The Morgan fingerprint density at radius 1 is 1.25 bits per heavy atom. The summed E-state index contributed by atoms with van der Waals surface area (Å²) >= 11 is 0. The van der Waals surface area contributed by atoms with E-state index in [2.05, 4.69) is 10.2 Å². The van der Waals surface area contributed by atoms with Crippen LogP contribution in [-0.4, -0.2) is 68.2 Å². The van der Waals surface area contributed by atoms with Gasteiger partial charge in [0.05, 0.1) is 12.6 Å². The molecule has 0 radical (unpaired) electrons. The van der Waals surface area contributed by atoms with Crippen molar-refractivity contribution in [2.24, 2.45) is 0 Å². The highest BCUT2D eigenvalue weighted by molar-refractivity contribution is 5.81. The molecule has 24 heavy (non-hydrogen) atoms. The number of halogens is 2. The Morgan fingerprint density at radius 3 is 2.75 bits per heavy atom. The molecular weight excluding hydrogens is 316 g/mol. The first kappa shape index (κ1) is 17.3. The summed E-state index contributed by atoms with van der Waals surface area (Å²) in [7, 11) is 3.87. The molecule has 0 saturated carbocycles. The zero-order valence-electron chi connectivity index (χ0n) is 14.0. The van der Waals surface area contributed by atoms with Crippen LogP contribution in [0.25, 0.3) is 0 Å². The van der Waals surface area contributed by atoms with Gasteiger partial charge in [-0.2, -0.15) is 0 Å². The van der Waals surface area contributed by atoms with E-state index in [1.807, 2.05) is 19.0 Å². The third-order valence-corrected chi connectivity index (χ3v) is 4.82. The predicted molar refractivity (Wildman–Crippen MR) is 85.5 cm³/mol. The molecule has 1 N–H and O–H groups in total. The minimum absolute atomic E-state index is 0.144. The number of hydrogen-bond acceptors (Lipinski definition) is 4. The molecule has 1 amide bonds. The van der Waals surface area contributed by atoms with Crippen LogP contribution in [0, 0.1) is 11.6 Å². The van der Waals surface area contributed by atoms with Crippen molar-refractivity contribution in [3.8, 4) is 0 Å². The third-order valence-electron chi connectivity index (χ3n) is 4.82. The minimum atomic E-state index is -0.866. The highest BCUT2D eigenvalue weighted by Crippen LogP contribution is 2.31.